The monoisotopic (exact) mass is 444 g/mol. The van der Waals surface area contributed by atoms with Crippen molar-refractivity contribution in [2.24, 2.45) is 17.3 Å². The van der Waals surface area contributed by atoms with Crippen LogP contribution in [0, 0.1) is 17.3 Å². The number of carbonyl (C=O) groups is 1. The molecule has 0 aliphatic heterocycles. The van der Waals surface area contributed by atoms with Crippen molar-refractivity contribution in [2.75, 3.05) is 0 Å². The van der Waals surface area contributed by atoms with E-state index in [-0.39, 0.29) is 23.1 Å². The number of halogens is 3. The Balaban J connectivity index is 1.57. The van der Waals surface area contributed by atoms with Crippen molar-refractivity contribution in [3.8, 4) is 5.75 Å². The van der Waals surface area contributed by atoms with E-state index in [9.17, 15) is 26.4 Å². The van der Waals surface area contributed by atoms with E-state index < -0.39 is 15.6 Å². The van der Waals surface area contributed by atoms with Gasteiger partial charge in [0.25, 0.3) is 0 Å². The highest BCUT2D eigenvalue weighted by Crippen LogP contribution is 2.61. The molecule has 30 heavy (non-hydrogen) atoms. The number of carbonyl (C=O) groups excluding carboxylic acids is 1. The number of ether oxygens (including phenoxy) is 1. The molecule has 0 spiro atoms. The van der Waals surface area contributed by atoms with Crippen molar-refractivity contribution >= 4 is 16.1 Å². The predicted octanol–water partition coefficient (Wildman–Crippen LogP) is 4.83. The Kier molecular flexibility index (Phi) is 4.95. The molecule has 1 saturated carbocycles. The third-order valence-corrected chi connectivity index (χ3v) is 7.93. The molecular weight excluding hydrogens is 421 g/mol. The zero-order valence-corrected chi connectivity index (χ0v) is 17.5. The van der Waals surface area contributed by atoms with E-state index in [4.69, 9.17) is 4.74 Å². The molecule has 164 valence electrons. The lowest BCUT2D eigenvalue weighted by Gasteiger charge is -2.49. The Morgan fingerprint density at radius 1 is 1.23 bits per heavy atom. The molecule has 0 aromatic heterocycles. The maximum absolute atomic E-state index is 12.6. The van der Waals surface area contributed by atoms with Crippen LogP contribution >= 0.6 is 0 Å². The summed E-state index contributed by atoms with van der Waals surface area (Å²) in [4.78, 5) is 11.5. The summed E-state index contributed by atoms with van der Waals surface area (Å²) in [6.07, 6.45) is 6.04. The van der Waals surface area contributed by atoms with E-state index in [1.54, 1.807) is 6.07 Å². The summed E-state index contributed by atoms with van der Waals surface area (Å²) >= 11 is 0. The molecule has 3 aliphatic rings. The molecular formula is C21H23F3O5S. The first kappa shape index (κ1) is 21.2. The van der Waals surface area contributed by atoms with Crippen LogP contribution in [0.3, 0.4) is 0 Å². The van der Waals surface area contributed by atoms with Gasteiger partial charge in [-0.2, -0.15) is 21.6 Å². The molecule has 0 radical (unpaired) electrons. The molecule has 0 amide bonds. The molecule has 0 heterocycles. The molecule has 9 heteroatoms. The lowest BCUT2D eigenvalue weighted by atomic mass is 9.55. The minimum Gasteiger partial charge on any atom is -0.431 e. The Morgan fingerprint density at radius 2 is 1.97 bits per heavy atom. The Hall–Kier alpha value is -2.03. The Labute approximate surface area is 173 Å². The van der Waals surface area contributed by atoms with Gasteiger partial charge in [0.05, 0.1) is 0 Å². The van der Waals surface area contributed by atoms with Crippen molar-refractivity contribution in [3.05, 3.63) is 41.2 Å². The maximum Gasteiger partial charge on any atom is 0.534 e. The standard InChI is InChI=1S/C21H23F3O5S/c1-12(25)28-19-8-7-18-17-5-3-13-11-14(29-30(26,27)21(22,23)24)4-6-15(13)16(17)9-10-20(18,19)2/h4,6,8,11,16-18H,3,5,7,9-10H2,1-2H3/t16-,17-,18+,20+/m1/s1. The van der Waals surface area contributed by atoms with Gasteiger partial charge in [-0.15, -0.1) is 0 Å². The van der Waals surface area contributed by atoms with Gasteiger partial charge in [0.15, 0.2) is 0 Å². The lowest BCUT2D eigenvalue weighted by molar-refractivity contribution is -0.139. The van der Waals surface area contributed by atoms with Crippen LogP contribution in [0.25, 0.3) is 0 Å². The van der Waals surface area contributed by atoms with E-state index in [1.807, 2.05) is 6.08 Å². The summed E-state index contributed by atoms with van der Waals surface area (Å²) in [5.41, 5.74) is -3.77. The van der Waals surface area contributed by atoms with Crippen molar-refractivity contribution in [1.82, 2.24) is 0 Å². The third-order valence-electron chi connectivity index (χ3n) is 6.95. The molecule has 0 unspecified atom stereocenters. The molecule has 0 N–H and O–H groups in total. The van der Waals surface area contributed by atoms with Gasteiger partial charge in [0.1, 0.15) is 11.5 Å². The van der Waals surface area contributed by atoms with Gasteiger partial charge in [0.2, 0.25) is 0 Å². The van der Waals surface area contributed by atoms with Crippen LogP contribution in [-0.4, -0.2) is 19.9 Å². The summed E-state index contributed by atoms with van der Waals surface area (Å²) in [5.74, 6) is 1.06. The Morgan fingerprint density at radius 3 is 2.63 bits per heavy atom. The number of alkyl halides is 3. The summed E-state index contributed by atoms with van der Waals surface area (Å²) < 4.78 is 70.2. The quantitative estimate of drug-likeness (QED) is 0.380. The van der Waals surface area contributed by atoms with E-state index in [2.05, 4.69) is 11.1 Å². The highest BCUT2D eigenvalue weighted by molar-refractivity contribution is 7.88. The molecule has 3 aliphatic carbocycles. The van der Waals surface area contributed by atoms with Crippen LogP contribution < -0.4 is 4.18 Å². The fourth-order valence-corrected chi connectivity index (χ4v) is 6.08. The largest absolute Gasteiger partial charge is 0.534 e. The molecule has 4 rings (SSSR count). The summed E-state index contributed by atoms with van der Waals surface area (Å²) in [6.45, 7) is 3.54. The van der Waals surface area contributed by atoms with Crippen molar-refractivity contribution in [3.63, 3.8) is 0 Å². The smallest absolute Gasteiger partial charge is 0.431 e. The maximum atomic E-state index is 12.6. The number of fused-ring (bicyclic) bond motifs is 5. The molecule has 1 aromatic rings. The van der Waals surface area contributed by atoms with Crippen LogP contribution in [0.15, 0.2) is 30.0 Å². The van der Waals surface area contributed by atoms with Gasteiger partial charge < -0.3 is 8.92 Å². The predicted molar refractivity (Wildman–Crippen MR) is 102 cm³/mol. The zero-order valence-electron chi connectivity index (χ0n) is 16.7. The van der Waals surface area contributed by atoms with Crippen LogP contribution in [0.4, 0.5) is 13.2 Å². The highest BCUT2D eigenvalue weighted by Gasteiger charge is 2.53. The topological polar surface area (TPSA) is 69.7 Å². The van der Waals surface area contributed by atoms with Crippen LogP contribution in [0.1, 0.15) is 56.6 Å². The number of allylic oxidation sites excluding steroid dienone is 2. The van der Waals surface area contributed by atoms with Crippen molar-refractivity contribution in [1.29, 1.82) is 0 Å². The van der Waals surface area contributed by atoms with Gasteiger partial charge in [-0.1, -0.05) is 13.0 Å². The lowest BCUT2D eigenvalue weighted by Crippen LogP contribution is -2.41. The van der Waals surface area contributed by atoms with Crippen molar-refractivity contribution < 1.29 is 35.3 Å². The molecule has 0 saturated heterocycles. The fourth-order valence-electron chi connectivity index (χ4n) is 5.63. The van der Waals surface area contributed by atoms with Gasteiger partial charge in [-0.25, -0.2) is 0 Å². The molecule has 0 bridgehead atoms. The number of benzene rings is 1. The van der Waals surface area contributed by atoms with Crippen LogP contribution in [0.2, 0.25) is 0 Å². The third kappa shape index (κ3) is 3.40. The summed E-state index contributed by atoms with van der Waals surface area (Å²) in [6, 6.07) is 4.42. The first-order chi connectivity index (χ1) is 13.9. The number of aryl methyl sites for hydroxylation is 1. The summed E-state index contributed by atoms with van der Waals surface area (Å²) in [5, 5.41) is 0. The van der Waals surface area contributed by atoms with Gasteiger partial charge in [-0.3, -0.25) is 4.79 Å². The van der Waals surface area contributed by atoms with Gasteiger partial charge in [0, 0.05) is 12.3 Å². The first-order valence-electron chi connectivity index (χ1n) is 9.95. The van der Waals surface area contributed by atoms with Crippen LogP contribution in [-0.2, 0) is 26.1 Å². The van der Waals surface area contributed by atoms with Gasteiger partial charge in [-0.05, 0) is 79.2 Å². The molecule has 1 fully saturated rings. The number of hydrogen-bond donors (Lipinski definition) is 0. The average Bonchev–Trinajstić information content (AvgIpc) is 2.96. The van der Waals surface area contributed by atoms with E-state index in [1.165, 1.54) is 19.1 Å². The summed E-state index contributed by atoms with van der Waals surface area (Å²) in [7, 11) is -5.68. The minimum atomic E-state index is -5.68. The SMILES string of the molecule is CC(=O)OC1=CC[C@H]2[C@@H]3CCc4cc(OS(=O)(=O)C(F)(F)F)ccc4[C@H]3CC[C@]12C. The normalized spacial score (nSPS) is 30.6. The van der Waals surface area contributed by atoms with E-state index in [0.29, 0.717) is 18.3 Å². The minimum absolute atomic E-state index is 0.186. The van der Waals surface area contributed by atoms with Gasteiger partial charge >= 0.3 is 21.6 Å². The number of esters is 1. The second kappa shape index (κ2) is 7.00. The highest BCUT2D eigenvalue weighted by atomic mass is 32.2. The number of hydrogen-bond acceptors (Lipinski definition) is 5. The molecule has 1 aromatic carbocycles. The fraction of sp³-hybridized carbons (Fsp3) is 0.571. The van der Waals surface area contributed by atoms with E-state index in [0.717, 1.165) is 42.6 Å². The number of rotatable bonds is 3. The first-order valence-corrected chi connectivity index (χ1v) is 11.4. The Bertz CT molecular complexity index is 1010. The molecule has 4 atom stereocenters. The van der Waals surface area contributed by atoms with E-state index >= 15 is 0 Å². The molecule has 5 nitrogen and oxygen atoms in total. The zero-order chi connectivity index (χ0) is 21.9. The average molecular weight is 444 g/mol. The second-order valence-electron chi connectivity index (χ2n) is 8.61. The van der Waals surface area contributed by atoms with Crippen LogP contribution in [0.5, 0.6) is 5.75 Å². The second-order valence-corrected chi connectivity index (χ2v) is 10.2. The van der Waals surface area contributed by atoms with Crippen molar-refractivity contribution in [2.45, 2.75) is 57.4 Å².